The Bertz CT molecular complexity index is 2660. The van der Waals surface area contributed by atoms with E-state index in [4.69, 9.17) is 18.9 Å². The minimum absolute atomic E-state index is 0.00641. The fourth-order valence-electron chi connectivity index (χ4n) is 10.9. The van der Waals surface area contributed by atoms with Gasteiger partial charge in [0.1, 0.15) is 77.4 Å². The second-order valence-electron chi connectivity index (χ2n) is 25.0. The van der Waals surface area contributed by atoms with Gasteiger partial charge in [-0.3, -0.25) is 19.2 Å². The Morgan fingerprint density at radius 3 is 1.29 bits per heavy atom. The van der Waals surface area contributed by atoms with E-state index in [1.807, 2.05) is 71.5 Å². The Morgan fingerprint density at radius 2 is 0.880 bits per heavy atom. The molecule has 1 unspecified atom stereocenters. The highest BCUT2D eigenvalue weighted by atomic mass is 19.1. The van der Waals surface area contributed by atoms with Crippen LogP contribution in [0.2, 0.25) is 0 Å². The van der Waals surface area contributed by atoms with E-state index in [-0.39, 0.29) is 65.3 Å². The molecule has 2 aliphatic rings. The summed E-state index contributed by atoms with van der Waals surface area (Å²) in [4.78, 5) is 46.6. The molecule has 0 aromatic heterocycles. The van der Waals surface area contributed by atoms with E-state index < -0.39 is 0 Å². The molecule has 2 fully saturated rings. The number of rotatable bonds is 46. The fourth-order valence-corrected chi connectivity index (χ4v) is 10.9. The summed E-state index contributed by atoms with van der Waals surface area (Å²) in [6.45, 7) is 24.6. The second-order valence-corrected chi connectivity index (χ2v) is 25.0. The molecule has 0 radical (unpaired) electrons. The van der Waals surface area contributed by atoms with Crippen LogP contribution in [0.1, 0.15) is 155 Å². The van der Waals surface area contributed by atoms with Crippen molar-refractivity contribution in [1.82, 2.24) is 42.5 Å². The minimum Gasteiger partial charge on any atom is -0.492 e. The number of ketones is 4. The molecule has 8 N–H and O–H groups in total. The molecule has 2 aliphatic carbocycles. The molecule has 0 aliphatic heterocycles. The summed E-state index contributed by atoms with van der Waals surface area (Å²) in [6, 6.07) is 29.2. The Kier molecular flexibility index (Phi) is 42.2. The van der Waals surface area contributed by atoms with Crippen molar-refractivity contribution in [3.05, 3.63) is 119 Å². The molecule has 0 bridgehead atoms. The Labute approximate surface area is 554 Å². The number of carbonyl (C=O) groups excluding carboxylic acids is 4. The fraction of sp³-hybridized carbons (Fsp3) is 0.627. The normalized spacial score (nSPS) is 14.8. The van der Waals surface area contributed by atoms with Gasteiger partial charge in [0, 0.05) is 32.2 Å². The van der Waals surface area contributed by atoms with Gasteiger partial charge < -0.3 is 61.5 Å². The van der Waals surface area contributed by atoms with E-state index in [0.717, 1.165) is 132 Å². The quantitative estimate of drug-likeness (QED) is 0.0194. The molecular formula is C75H121FN8O8. The number of para-hydroxylation sites is 3. The van der Waals surface area contributed by atoms with Gasteiger partial charge in [-0.25, -0.2) is 4.39 Å². The monoisotopic (exact) mass is 1280 g/mol. The highest BCUT2D eigenvalue weighted by Gasteiger charge is 2.35. The van der Waals surface area contributed by atoms with Crippen LogP contribution in [0.3, 0.4) is 0 Å². The van der Waals surface area contributed by atoms with Crippen LogP contribution >= 0.6 is 0 Å². The third-order valence-corrected chi connectivity index (χ3v) is 16.6. The van der Waals surface area contributed by atoms with Crippen molar-refractivity contribution >= 4 is 23.1 Å². The second kappa shape index (κ2) is 48.1. The predicted molar refractivity (Wildman–Crippen MR) is 376 cm³/mol. The molecule has 92 heavy (non-hydrogen) atoms. The molecule has 2 saturated carbocycles. The van der Waals surface area contributed by atoms with Crippen LogP contribution < -0.4 is 61.5 Å². The van der Waals surface area contributed by atoms with Gasteiger partial charge in [-0.05, 0) is 244 Å². The first kappa shape index (κ1) is 80.6. The van der Waals surface area contributed by atoms with E-state index in [9.17, 15) is 23.6 Å². The van der Waals surface area contributed by atoms with Crippen molar-refractivity contribution in [3.8, 4) is 23.0 Å². The predicted octanol–water partition coefficient (Wildman–Crippen LogP) is 10.6. The largest absolute Gasteiger partial charge is 0.492 e. The lowest BCUT2D eigenvalue weighted by molar-refractivity contribution is -0.120. The van der Waals surface area contributed by atoms with E-state index in [1.54, 1.807) is 33.8 Å². The van der Waals surface area contributed by atoms with Crippen LogP contribution in [0.25, 0.3) is 0 Å². The molecule has 7 atom stereocenters. The number of ether oxygens (including phenoxy) is 4. The van der Waals surface area contributed by atoms with E-state index in [1.165, 1.54) is 41.7 Å². The molecule has 0 amide bonds. The average molecular weight is 1280 g/mol. The Morgan fingerprint density at radius 1 is 0.478 bits per heavy atom. The van der Waals surface area contributed by atoms with Crippen LogP contribution in [-0.4, -0.2) is 153 Å². The number of hydrogen-bond acceptors (Lipinski definition) is 16. The Balaban J connectivity index is 0.000000320. The lowest BCUT2D eigenvalue weighted by atomic mass is 9.96. The van der Waals surface area contributed by atoms with E-state index >= 15 is 0 Å². The van der Waals surface area contributed by atoms with Gasteiger partial charge in [-0.15, -0.1) is 0 Å². The van der Waals surface area contributed by atoms with Crippen LogP contribution in [0, 0.1) is 23.6 Å². The SMILES string of the molecule is CCC(C)[C@H](NCCOc1ccccc1CCCNC)C(C)=O.CCC[C@H](NC[C@@H](C)Oc1ccccc1CCCNC)C(C)=O.CNCCCc1ccc(F)cc1OCCN[C@H](C(C)=O)C1CC1.CNCCCc1ccccc1O[C@H](C)CN[C@H](C(C)=O)C1CC1. The lowest BCUT2D eigenvalue weighted by Gasteiger charge is -2.22. The first-order valence-corrected chi connectivity index (χ1v) is 34.6. The maximum atomic E-state index is 13.4. The molecule has 0 saturated heterocycles. The summed E-state index contributed by atoms with van der Waals surface area (Å²) >= 11 is 0. The third-order valence-electron chi connectivity index (χ3n) is 16.6. The molecule has 17 heteroatoms. The zero-order chi connectivity index (χ0) is 67.5. The number of nitrogens with one attached hydrogen (secondary N) is 8. The number of Topliss-reactive ketones (excluding diaryl/α,β-unsaturated/α-hetero) is 4. The molecule has 4 aromatic carbocycles. The van der Waals surface area contributed by atoms with Crippen LogP contribution in [0.5, 0.6) is 23.0 Å². The smallest absolute Gasteiger partial charge is 0.146 e. The summed E-state index contributed by atoms with van der Waals surface area (Å²) in [5.41, 5.74) is 4.76. The van der Waals surface area contributed by atoms with Gasteiger partial charge in [0.25, 0.3) is 0 Å². The van der Waals surface area contributed by atoms with Gasteiger partial charge in [0.2, 0.25) is 0 Å². The number of carbonyl (C=O) groups is 4. The zero-order valence-corrected chi connectivity index (χ0v) is 58.7. The molecule has 516 valence electrons. The highest BCUT2D eigenvalue weighted by molar-refractivity contribution is 5.83. The van der Waals surface area contributed by atoms with Crippen molar-refractivity contribution in [1.29, 1.82) is 0 Å². The number of benzene rings is 4. The van der Waals surface area contributed by atoms with Crippen molar-refractivity contribution in [2.45, 2.75) is 195 Å². The molecule has 6 rings (SSSR count). The first-order chi connectivity index (χ1) is 44.4. The molecule has 16 nitrogen and oxygen atoms in total. The molecule has 0 spiro atoms. The van der Waals surface area contributed by atoms with Crippen LogP contribution in [-0.2, 0) is 44.9 Å². The standard InChI is InChI=1S/C19H30N2O2.2C19H32N2O2.C18H27FN2O2/c1-14(13-21-19(15(2)22)17-10-11-17)23-18-9-5-4-7-16(18)8-6-12-20-3;1-5-15(2)19(16(3)22)21-13-14-23-18-11-7-6-9-17(18)10-8-12-20-4;1-5-9-18(16(3)22)21-14-15(2)23-19-12-7-6-10-17(19)11-8-13-20-4;1-13(22)18(15-5-6-15)21-10-11-23-17-12-16(19)8-7-14(17)4-3-9-20-2/h4-5,7,9,14,17,19-21H,6,8,10-13H2,1-3H3;6-7,9,11,15,19-21H,5,8,10,12-14H2,1-4H3;6-7,10,12,15,18,20-21H,5,8-9,11,13-14H2,1-4H3;7-8,12,15,18,20-21H,3-6,9-11H2,1-2H3/t14-,19-;15?,19-;15-,18+;18-/m1011/s1. The first-order valence-electron chi connectivity index (χ1n) is 34.6. The molecule has 0 heterocycles. The minimum atomic E-state index is -0.287. The van der Waals surface area contributed by atoms with Crippen LogP contribution in [0.15, 0.2) is 91.0 Å². The van der Waals surface area contributed by atoms with Gasteiger partial charge in [0.15, 0.2) is 0 Å². The van der Waals surface area contributed by atoms with Gasteiger partial charge in [-0.2, -0.15) is 0 Å². The molecular weight excluding hydrogens is 1160 g/mol. The summed E-state index contributed by atoms with van der Waals surface area (Å²) < 4.78 is 37.3. The van der Waals surface area contributed by atoms with E-state index in [2.05, 4.69) is 107 Å². The Hall–Kier alpha value is -5.63. The summed E-state index contributed by atoms with van der Waals surface area (Å²) in [7, 11) is 7.83. The molecule has 4 aromatic rings. The zero-order valence-electron chi connectivity index (χ0n) is 58.7. The maximum Gasteiger partial charge on any atom is 0.146 e. The number of hydrogen-bond donors (Lipinski definition) is 8. The van der Waals surface area contributed by atoms with E-state index in [0.29, 0.717) is 62.9 Å². The summed E-state index contributed by atoms with van der Waals surface area (Å²) in [5.74, 6) is 5.38. The van der Waals surface area contributed by atoms with Gasteiger partial charge >= 0.3 is 0 Å². The summed E-state index contributed by atoms with van der Waals surface area (Å²) in [5, 5.41) is 25.9. The van der Waals surface area contributed by atoms with Crippen molar-refractivity contribution < 1.29 is 42.5 Å². The number of aryl methyl sites for hydroxylation is 4. The van der Waals surface area contributed by atoms with Gasteiger partial charge in [0.05, 0.1) is 24.2 Å². The lowest BCUT2D eigenvalue weighted by Crippen LogP contribution is -2.42. The van der Waals surface area contributed by atoms with Crippen molar-refractivity contribution in [2.75, 3.05) is 93.8 Å². The average Bonchev–Trinajstić information content (AvgIpc) is 3.21. The summed E-state index contributed by atoms with van der Waals surface area (Å²) in [6.07, 6.45) is 15.6. The highest BCUT2D eigenvalue weighted by Crippen LogP contribution is 2.34. The maximum absolute atomic E-state index is 13.4. The van der Waals surface area contributed by atoms with Gasteiger partial charge in [-0.1, -0.05) is 94.3 Å². The topological polar surface area (TPSA) is 201 Å². The third kappa shape index (κ3) is 34.0. The van der Waals surface area contributed by atoms with Crippen molar-refractivity contribution in [3.63, 3.8) is 0 Å². The van der Waals surface area contributed by atoms with Crippen molar-refractivity contribution in [2.24, 2.45) is 17.8 Å². The van der Waals surface area contributed by atoms with Crippen LogP contribution in [0.4, 0.5) is 4.39 Å². The number of halogens is 1.